The normalized spacial score (nSPS) is 12.0. The number of nitrogens with zero attached hydrogens (tertiary/aromatic N) is 3. The van der Waals surface area contributed by atoms with Gasteiger partial charge in [-0.15, -0.1) is 0 Å². The van der Waals surface area contributed by atoms with Gasteiger partial charge in [-0.05, 0) is 6.92 Å². The molecule has 0 spiro atoms. The number of oxime groups is 1. The molecule has 4 N–H and O–H groups in total. The molecule has 0 unspecified atom stereocenters. The van der Waals surface area contributed by atoms with E-state index in [9.17, 15) is 0 Å². The average molecular weight is 197 g/mol. The van der Waals surface area contributed by atoms with Gasteiger partial charge >= 0.3 is 0 Å². The minimum absolute atomic E-state index is 0.173. The van der Waals surface area contributed by atoms with Crippen molar-refractivity contribution in [1.82, 2.24) is 15.1 Å². The van der Waals surface area contributed by atoms with Crippen LogP contribution in [-0.4, -0.2) is 27.4 Å². The number of aryl methyl sites for hydroxylation is 1. The first kappa shape index (κ1) is 10.5. The van der Waals surface area contributed by atoms with Crippen LogP contribution in [0.4, 0.5) is 0 Å². The number of rotatable bonds is 4. The van der Waals surface area contributed by atoms with Crippen molar-refractivity contribution in [1.29, 1.82) is 0 Å². The molecule has 0 fully saturated rings. The maximum atomic E-state index is 8.30. The zero-order valence-electron chi connectivity index (χ0n) is 8.36. The molecule has 0 bridgehead atoms. The van der Waals surface area contributed by atoms with Crippen molar-refractivity contribution < 1.29 is 5.21 Å². The van der Waals surface area contributed by atoms with Gasteiger partial charge in [-0.3, -0.25) is 4.68 Å². The molecule has 6 heteroatoms. The highest BCUT2D eigenvalue weighted by atomic mass is 16.4. The molecule has 0 aliphatic heterocycles. The van der Waals surface area contributed by atoms with Gasteiger partial charge in [-0.2, -0.15) is 5.10 Å². The molecule has 1 aromatic heterocycles. The first-order valence-corrected chi connectivity index (χ1v) is 4.29. The molecule has 0 aliphatic carbocycles. The van der Waals surface area contributed by atoms with Gasteiger partial charge in [0.15, 0.2) is 5.84 Å². The third-order valence-electron chi connectivity index (χ3n) is 2.09. The van der Waals surface area contributed by atoms with Gasteiger partial charge in [0.2, 0.25) is 0 Å². The average Bonchev–Trinajstić information content (AvgIpc) is 2.49. The highest BCUT2D eigenvalue weighted by Crippen LogP contribution is 2.03. The van der Waals surface area contributed by atoms with Crippen LogP contribution >= 0.6 is 0 Å². The van der Waals surface area contributed by atoms with Gasteiger partial charge in [0, 0.05) is 24.8 Å². The van der Waals surface area contributed by atoms with E-state index in [4.69, 9.17) is 10.9 Å². The van der Waals surface area contributed by atoms with E-state index in [1.165, 1.54) is 0 Å². The monoisotopic (exact) mass is 197 g/mol. The molecule has 78 valence electrons. The summed E-state index contributed by atoms with van der Waals surface area (Å²) in [5.41, 5.74) is 7.51. The lowest BCUT2D eigenvalue weighted by Gasteiger charge is -2.02. The summed E-state index contributed by atoms with van der Waals surface area (Å²) in [7, 11) is 1.89. The zero-order valence-corrected chi connectivity index (χ0v) is 8.36. The predicted octanol–water partition coefficient (Wildman–Crippen LogP) is -0.435. The molecule has 14 heavy (non-hydrogen) atoms. The molecule has 1 rings (SSSR count). The summed E-state index contributed by atoms with van der Waals surface area (Å²) in [6.45, 7) is 3.02. The van der Waals surface area contributed by atoms with E-state index in [0.29, 0.717) is 13.1 Å². The summed E-state index contributed by atoms with van der Waals surface area (Å²) in [6, 6.07) is 0. The molecule has 0 amide bonds. The Kier molecular flexibility index (Phi) is 3.47. The SMILES string of the molecule is Cc1c(CNCC(N)=NO)cnn1C. The topological polar surface area (TPSA) is 88.5 Å². The molecule has 0 aromatic carbocycles. The lowest BCUT2D eigenvalue weighted by Crippen LogP contribution is -2.28. The maximum Gasteiger partial charge on any atom is 0.153 e. The van der Waals surface area contributed by atoms with Crippen LogP contribution in [0.3, 0.4) is 0 Å². The van der Waals surface area contributed by atoms with Crippen LogP contribution in [0, 0.1) is 6.92 Å². The summed E-state index contributed by atoms with van der Waals surface area (Å²) in [4.78, 5) is 0. The Bertz CT molecular complexity index is 330. The van der Waals surface area contributed by atoms with Crippen LogP contribution in [0.15, 0.2) is 11.4 Å². The fourth-order valence-electron chi connectivity index (χ4n) is 1.08. The second kappa shape index (κ2) is 4.61. The van der Waals surface area contributed by atoms with Crippen molar-refractivity contribution in [3.8, 4) is 0 Å². The minimum atomic E-state index is 0.173. The molecule has 0 saturated carbocycles. The van der Waals surface area contributed by atoms with E-state index < -0.39 is 0 Å². The molecule has 0 saturated heterocycles. The fourth-order valence-corrected chi connectivity index (χ4v) is 1.08. The minimum Gasteiger partial charge on any atom is -0.409 e. The van der Waals surface area contributed by atoms with Crippen molar-refractivity contribution in [3.05, 3.63) is 17.5 Å². The summed E-state index contributed by atoms with van der Waals surface area (Å²) in [5, 5.41) is 18.3. The van der Waals surface area contributed by atoms with E-state index in [0.717, 1.165) is 11.3 Å². The predicted molar refractivity (Wildman–Crippen MR) is 53.1 cm³/mol. The van der Waals surface area contributed by atoms with Gasteiger partial charge in [-0.1, -0.05) is 5.16 Å². The smallest absolute Gasteiger partial charge is 0.153 e. The van der Waals surface area contributed by atoms with Crippen molar-refractivity contribution in [2.75, 3.05) is 6.54 Å². The first-order chi connectivity index (χ1) is 6.65. The Labute approximate surface area is 82.4 Å². The molecule has 1 aromatic rings. The molecular formula is C8H15N5O. The van der Waals surface area contributed by atoms with E-state index >= 15 is 0 Å². The second-order valence-corrected chi connectivity index (χ2v) is 3.07. The van der Waals surface area contributed by atoms with E-state index in [2.05, 4.69) is 15.6 Å². The number of aromatic nitrogens is 2. The van der Waals surface area contributed by atoms with Gasteiger partial charge in [0.1, 0.15) is 0 Å². The molecule has 1 heterocycles. The standard InChI is InChI=1S/C8H15N5O/c1-6-7(4-11-13(6)2)3-10-5-8(9)12-14/h4,10,14H,3,5H2,1-2H3,(H2,9,12). The van der Waals surface area contributed by atoms with Crippen molar-refractivity contribution in [2.45, 2.75) is 13.5 Å². The summed E-state index contributed by atoms with van der Waals surface area (Å²) in [6.07, 6.45) is 1.80. The quantitative estimate of drug-likeness (QED) is 0.264. The van der Waals surface area contributed by atoms with Crippen molar-refractivity contribution >= 4 is 5.84 Å². The Hall–Kier alpha value is -1.56. The summed E-state index contributed by atoms with van der Waals surface area (Å²) < 4.78 is 1.81. The number of amidine groups is 1. The van der Waals surface area contributed by atoms with E-state index in [1.54, 1.807) is 10.9 Å². The second-order valence-electron chi connectivity index (χ2n) is 3.07. The fraction of sp³-hybridized carbons (Fsp3) is 0.500. The zero-order chi connectivity index (χ0) is 10.6. The van der Waals surface area contributed by atoms with Crippen LogP contribution < -0.4 is 11.1 Å². The van der Waals surface area contributed by atoms with Crippen molar-refractivity contribution in [3.63, 3.8) is 0 Å². The number of hydrogen-bond acceptors (Lipinski definition) is 4. The Balaban J connectivity index is 2.43. The summed E-state index contributed by atoms with van der Waals surface area (Å²) in [5.74, 6) is 0.173. The van der Waals surface area contributed by atoms with Crippen LogP contribution in [0.1, 0.15) is 11.3 Å². The lowest BCUT2D eigenvalue weighted by atomic mass is 10.2. The van der Waals surface area contributed by atoms with Crippen LogP contribution in [-0.2, 0) is 13.6 Å². The van der Waals surface area contributed by atoms with Gasteiger partial charge in [0.05, 0.1) is 12.7 Å². The molecule has 0 atom stereocenters. The van der Waals surface area contributed by atoms with Crippen LogP contribution in [0.2, 0.25) is 0 Å². The molecule has 0 aliphatic rings. The number of nitrogens with two attached hydrogens (primary N) is 1. The largest absolute Gasteiger partial charge is 0.409 e. The lowest BCUT2D eigenvalue weighted by molar-refractivity contribution is 0.317. The molecule has 0 radical (unpaired) electrons. The van der Waals surface area contributed by atoms with Crippen LogP contribution in [0.5, 0.6) is 0 Å². The number of hydrogen-bond donors (Lipinski definition) is 3. The third kappa shape index (κ3) is 2.46. The van der Waals surface area contributed by atoms with Crippen molar-refractivity contribution in [2.24, 2.45) is 17.9 Å². The first-order valence-electron chi connectivity index (χ1n) is 4.29. The molecule has 6 nitrogen and oxygen atoms in total. The summed E-state index contributed by atoms with van der Waals surface area (Å²) >= 11 is 0. The highest BCUT2D eigenvalue weighted by molar-refractivity contribution is 5.81. The van der Waals surface area contributed by atoms with Gasteiger partial charge < -0.3 is 16.3 Å². The van der Waals surface area contributed by atoms with E-state index in [-0.39, 0.29) is 5.84 Å². The molecular weight excluding hydrogens is 182 g/mol. The third-order valence-corrected chi connectivity index (χ3v) is 2.09. The van der Waals surface area contributed by atoms with Gasteiger partial charge in [0.25, 0.3) is 0 Å². The van der Waals surface area contributed by atoms with Crippen LogP contribution in [0.25, 0.3) is 0 Å². The Morgan fingerprint density at radius 3 is 3.00 bits per heavy atom. The van der Waals surface area contributed by atoms with Gasteiger partial charge in [-0.25, -0.2) is 0 Å². The highest BCUT2D eigenvalue weighted by Gasteiger charge is 2.02. The number of nitrogens with one attached hydrogen (secondary N) is 1. The maximum absolute atomic E-state index is 8.30. The van der Waals surface area contributed by atoms with E-state index in [1.807, 2.05) is 14.0 Å². The Morgan fingerprint density at radius 2 is 2.50 bits per heavy atom. The Morgan fingerprint density at radius 1 is 1.79 bits per heavy atom.